The summed E-state index contributed by atoms with van der Waals surface area (Å²) in [5.74, 6) is 0.666. The molecule has 0 aliphatic rings. The van der Waals surface area contributed by atoms with Crippen LogP contribution in [0.25, 0.3) is 0 Å². The van der Waals surface area contributed by atoms with Gasteiger partial charge in [0.1, 0.15) is 5.75 Å². The van der Waals surface area contributed by atoms with Crippen LogP contribution in [-0.2, 0) is 16.7 Å². The van der Waals surface area contributed by atoms with Gasteiger partial charge in [0, 0.05) is 6.42 Å². The molecule has 106 valence electrons. The maximum atomic E-state index is 11.6. The molecule has 0 bridgehead atoms. The molecule has 0 amide bonds. The van der Waals surface area contributed by atoms with Crippen LogP contribution >= 0.6 is 0 Å². The summed E-state index contributed by atoms with van der Waals surface area (Å²) in [7, 11) is -1.02. The summed E-state index contributed by atoms with van der Waals surface area (Å²) in [6, 6.07) is 8.81. The van der Waals surface area contributed by atoms with Crippen molar-refractivity contribution in [3.05, 3.63) is 63.1 Å². The Morgan fingerprint density at radius 1 is 1.25 bits per heavy atom. The van der Waals surface area contributed by atoms with Gasteiger partial charge < -0.3 is 14.7 Å². The Balaban J connectivity index is 2.60. The van der Waals surface area contributed by atoms with E-state index in [4.69, 9.17) is 4.74 Å². The highest BCUT2D eigenvalue weighted by Crippen LogP contribution is 2.23. The van der Waals surface area contributed by atoms with E-state index in [1.807, 2.05) is 25.1 Å². The summed E-state index contributed by atoms with van der Waals surface area (Å²) in [5, 5.41) is 11.6. The Kier molecular flexibility index (Phi) is 4.14. The minimum absolute atomic E-state index is 0.254. The number of rotatable bonds is 3. The highest BCUT2D eigenvalue weighted by molar-refractivity contribution is 7.63. The zero-order chi connectivity index (χ0) is 14.7. The van der Waals surface area contributed by atoms with Gasteiger partial charge in [-0.05, 0) is 36.4 Å². The first-order valence-corrected chi connectivity index (χ1v) is 7.04. The largest absolute Gasteiger partial charge is 0.805 e. The van der Waals surface area contributed by atoms with Crippen molar-refractivity contribution >= 4 is 10.3 Å². The van der Waals surface area contributed by atoms with E-state index >= 15 is 0 Å². The number of pyridine rings is 1. The second-order valence-corrected chi connectivity index (χ2v) is 5.25. The Morgan fingerprint density at radius 2 is 2.00 bits per heavy atom. The van der Waals surface area contributed by atoms with E-state index in [1.165, 1.54) is 12.3 Å². The molecule has 0 saturated carbocycles. The lowest BCUT2D eigenvalue weighted by Crippen LogP contribution is -2.01. The molecule has 0 saturated heterocycles. The normalized spacial score (nSPS) is 10.3. The summed E-state index contributed by atoms with van der Waals surface area (Å²) in [6.07, 6.45) is 1.49. The van der Waals surface area contributed by atoms with Crippen molar-refractivity contribution < 1.29 is 13.2 Å². The average Bonchev–Trinajstić information content (AvgIpc) is 2.38. The number of hydrogen-bond donors (Lipinski definition) is 0. The van der Waals surface area contributed by atoms with E-state index in [-0.39, 0.29) is 4.64 Å². The van der Waals surface area contributed by atoms with Gasteiger partial charge in [-0.25, -0.2) is 0 Å². The number of aromatic nitrogens is 1. The van der Waals surface area contributed by atoms with Crippen molar-refractivity contribution in [3.8, 4) is 5.75 Å². The Bertz CT molecular complexity index is 798. The number of hydrogen-bond acceptors (Lipinski definition) is 4. The van der Waals surface area contributed by atoms with E-state index in [9.17, 15) is 13.6 Å². The highest BCUT2D eigenvalue weighted by atomic mass is 32.2. The minimum atomic E-state index is -2.58. The van der Waals surface area contributed by atoms with Crippen LogP contribution in [0, 0.1) is 16.8 Å². The monoisotopic (exact) mass is 292 g/mol. The van der Waals surface area contributed by atoms with Crippen LogP contribution in [0.1, 0.15) is 16.7 Å². The zero-order valence-corrected chi connectivity index (χ0v) is 12.0. The van der Waals surface area contributed by atoms with E-state index in [0.717, 1.165) is 11.1 Å². The van der Waals surface area contributed by atoms with Gasteiger partial charge in [-0.1, -0.05) is 23.8 Å². The van der Waals surface area contributed by atoms with E-state index in [0.29, 0.717) is 22.5 Å². The Hall–Kier alpha value is -2.21. The van der Waals surface area contributed by atoms with E-state index in [2.05, 4.69) is 0 Å². The Morgan fingerprint density at radius 3 is 2.65 bits per heavy atom. The van der Waals surface area contributed by atoms with Gasteiger partial charge in [0.2, 0.25) is 10.3 Å². The molecular weight excluding hydrogens is 278 g/mol. The first kappa shape index (κ1) is 14.2. The van der Waals surface area contributed by atoms with Gasteiger partial charge in [0.05, 0.1) is 7.11 Å². The summed E-state index contributed by atoms with van der Waals surface area (Å²) in [5.41, 5.74) is 2.32. The van der Waals surface area contributed by atoms with Gasteiger partial charge in [-0.15, -0.1) is 0 Å². The molecule has 6 heteroatoms. The molecule has 0 spiro atoms. The molecule has 0 unspecified atom stereocenters. The third-order valence-corrected chi connectivity index (χ3v) is 3.73. The topological polar surface area (TPSA) is 71.4 Å². The molecule has 2 aromatic rings. The first-order valence-electron chi connectivity index (χ1n) is 5.96. The number of methoxy groups -OCH3 is 1. The van der Waals surface area contributed by atoms with Crippen molar-refractivity contribution in [2.24, 2.45) is 0 Å². The predicted octanol–water partition coefficient (Wildman–Crippen LogP) is 2.15. The van der Waals surface area contributed by atoms with Crippen molar-refractivity contribution in [2.75, 3.05) is 7.11 Å². The molecule has 0 radical (unpaired) electrons. The third-order valence-electron chi connectivity index (χ3n) is 2.97. The fraction of sp³-hybridized carbons (Fsp3) is 0.214. The van der Waals surface area contributed by atoms with Gasteiger partial charge >= 0.3 is 0 Å². The standard InChI is InChI=1S/C14H14NO4S/c1-10-5-6-13(19-2)12(8-10)9-11-4-3-7-15(16)14(11)20(17)18/h3-8H,9H2,1-2H3/q-1. The van der Waals surface area contributed by atoms with Crippen LogP contribution < -0.4 is 4.74 Å². The zero-order valence-electron chi connectivity index (χ0n) is 11.2. The second kappa shape index (κ2) is 5.83. The lowest BCUT2D eigenvalue weighted by molar-refractivity contribution is 0.410. The summed E-state index contributed by atoms with van der Waals surface area (Å²) in [4.78, 5) is 0. The third kappa shape index (κ3) is 2.85. The lowest BCUT2D eigenvalue weighted by Gasteiger charge is -2.14. The van der Waals surface area contributed by atoms with Crippen molar-refractivity contribution in [1.82, 2.24) is 4.73 Å². The highest BCUT2D eigenvalue weighted by Gasteiger charge is 2.07. The Labute approximate surface area is 118 Å². The van der Waals surface area contributed by atoms with Crippen LogP contribution in [0.3, 0.4) is 0 Å². The van der Waals surface area contributed by atoms with Gasteiger partial charge in [-0.3, -0.25) is 0 Å². The summed E-state index contributed by atoms with van der Waals surface area (Å²) in [6.45, 7) is 1.94. The molecule has 0 fully saturated rings. The van der Waals surface area contributed by atoms with E-state index < -0.39 is 10.3 Å². The number of ether oxygens (including phenoxy) is 1. The van der Waals surface area contributed by atoms with Gasteiger partial charge in [0.25, 0.3) is 0 Å². The minimum Gasteiger partial charge on any atom is -0.805 e. The van der Waals surface area contributed by atoms with Crippen molar-refractivity contribution in [2.45, 2.75) is 13.3 Å². The van der Waals surface area contributed by atoms with Crippen LogP contribution in [0.4, 0.5) is 0 Å². The molecule has 0 aliphatic carbocycles. The molecule has 20 heavy (non-hydrogen) atoms. The van der Waals surface area contributed by atoms with Crippen molar-refractivity contribution in [1.29, 1.82) is 0 Å². The summed E-state index contributed by atoms with van der Waals surface area (Å²) < 4.78 is 27.8. The smallest absolute Gasteiger partial charge is 0.238 e. The first-order chi connectivity index (χ1) is 9.52. The van der Waals surface area contributed by atoms with Crippen LogP contribution in [0.5, 0.6) is 5.75 Å². The van der Waals surface area contributed by atoms with Gasteiger partial charge in [0.15, 0.2) is 4.64 Å². The second-order valence-electron chi connectivity index (χ2n) is 4.39. The fourth-order valence-electron chi connectivity index (χ4n) is 2.08. The SMILES string of the molecule is COc1ccc(C)cc1Cc1cccn([O-])c1=S(=O)=O. The molecule has 5 nitrogen and oxygen atoms in total. The molecule has 0 atom stereocenters. The number of aryl methyl sites for hydroxylation is 1. The van der Waals surface area contributed by atoms with Crippen LogP contribution in [0.15, 0.2) is 36.5 Å². The van der Waals surface area contributed by atoms with Crippen LogP contribution in [0.2, 0.25) is 0 Å². The quantitative estimate of drug-likeness (QED) is 0.813. The van der Waals surface area contributed by atoms with E-state index in [1.54, 1.807) is 13.2 Å². The fourth-order valence-corrected chi connectivity index (χ4v) is 2.65. The number of nitrogens with zero attached hydrogens (tertiary/aromatic N) is 1. The molecule has 2 rings (SSSR count). The predicted molar refractivity (Wildman–Crippen MR) is 75.9 cm³/mol. The number of benzene rings is 1. The molecule has 1 aromatic carbocycles. The molecular formula is C14H14NO4S-. The maximum absolute atomic E-state index is 11.6. The molecule has 1 aromatic heterocycles. The maximum Gasteiger partial charge on any atom is 0.238 e. The van der Waals surface area contributed by atoms with Gasteiger partial charge in [-0.2, -0.15) is 8.42 Å². The average molecular weight is 292 g/mol. The van der Waals surface area contributed by atoms with Crippen LogP contribution in [-0.4, -0.2) is 20.3 Å². The molecule has 0 N–H and O–H groups in total. The van der Waals surface area contributed by atoms with Crippen molar-refractivity contribution in [3.63, 3.8) is 0 Å². The summed E-state index contributed by atoms with van der Waals surface area (Å²) >= 11 is 0. The lowest BCUT2D eigenvalue weighted by atomic mass is 10.0. The molecule has 0 aliphatic heterocycles. The molecule has 1 heterocycles.